The Morgan fingerprint density at radius 2 is 2.26 bits per heavy atom. The summed E-state index contributed by atoms with van der Waals surface area (Å²) in [5.74, 6) is 0.00429. The van der Waals surface area contributed by atoms with E-state index in [1.807, 2.05) is 0 Å². The first kappa shape index (κ1) is 15.5. The van der Waals surface area contributed by atoms with E-state index < -0.39 is 6.04 Å². The number of fused-ring (bicyclic) bond motifs is 1. The van der Waals surface area contributed by atoms with Gasteiger partial charge in [-0.15, -0.1) is 0 Å². The molecule has 0 aliphatic carbocycles. The van der Waals surface area contributed by atoms with Crippen molar-refractivity contribution < 1.29 is 14.0 Å². The van der Waals surface area contributed by atoms with E-state index in [1.54, 1.807) is 6.07 Å². The monoisotopic (exact) mass is 318 g/mol. The quantitative estimate of drug-likeness (QED) is 0.797. The van der Waals surface area contributed by atoms with Crippen molar-refractivity contribution in [1.29, 1.82) is 0 Å². The van der Waals surface area contributed by atoms with Gasteiger partial charge in [0.15, 0.2) is 0 Å². The standard InChI is InChI=1S/C16H19FN4O2/c17-10-4-5-11-13(9-10)20-14(19-11)6-7-15(22)21-12-3-1-2-8-18-16(12)23/h4-5,9,12H,1-3,6-8H2,(H,18,23)(H,19,20)(H,21,22)/t12-/m0/s1. The SMILES string of the molecule is O=C(CCc1nc2ccc(F)cc2[nH]1)N[C@H]1CCCCNC1=O. The lowest BCUT2D eigenvalue weighted by atomic mass is 10.1. The van der Waals surface area contributed by atoms with Crippen LogP contribution in [0.2, 0.25) is 0 Å². The number of hydrogen-bond acceptors (Lipinski definition) is 3. The van der Waals surface area contributed by atoms with Crippen LogP contribution in [0.4, 0.5) is 4.39 Å². The number of halogens is 1. The molecule has 0 radical (unpaired) electrons. The maximum absolute atomic E-state index is 13.1. The van der Waals surface area contributed by atoms with Gasteiger partial charge >= 0.3 is 0 Å². The molecular weight excluding hydrogens is 299 g/mol. The minimum atomic E-state index is -0.449. The molecular formula is C16H19FN4O2. The van der Waals surface area contributed by atoms with Crippen molar-refractivity contribution in [3.63, 3.8) is 0 Å². The molecule has 2 aromatic rings. The number of H-pyrrole nitrogens is 1. The molecule has 1 aliphatic heterocycles. The predicted molar refractivity (Wildman–Crippen MR) is 83.2 cm³/mol. The molecule has 0 bridgehead atoms. The van der Waals surface area contributed by atoms with Crippen molar-refractivity contribution in [2.45, 2.75) is 38.1 Å². The molecule has 23 heavy (non-hydrogen) atoms. The Morgan fingerprint density at radius 3 is 3.13 bits per heavy atom. The second-order valence-electron chi connectivity index (χ2n) is 5.75. The average molecular weight is 318 g/mol. The molecule has 1 saturated heterocycles. The lowest BCUT2D eigenvalue weighted by molar-refractivity contribution is -0.128. The van der Waals surface area contributed by atoms with Crippen LogP contribution >= 0.6 is 0 Å². The van der Waals surface area contributed by atoms with E-state index in [0.717, 1.165) is 12.8 Å². The Balaban J connectivity index is 1.56. The van der Waals surface area contributed by atoms with Crippen LogP contribution in [0.25, 0.3) is 11.0 Å². The van der Waals surface area contributed by atoms with Gasteiger partial charge in [-0.1, -0.05) is 0 Å². The van der Waals surface area contributed by atoms with Gasteiger partial charge in [-0.2, -0.15) is 0 Å². The van der Waals surface area contributed by atoms with Crippen LogP contribution in [0, 0.1) is 5.82 Å². The highest BCUT2D eigenvalue weighted by molar-refractivity contribution is 5.87. The zero-order valence-electron chi connectivity index (χ0n) is 12.7. The molecule has 0 saturated carbocycles. The van der Waals surface area contributed by atoms with Gasteiger partial charge in [0.1, 0.15) is 17.7 Å². The minimum Gasteiger partial charge on any atom is -0.354 e. The molecule has 0 unspecified atom stereocenters. The number of aryl methyl sites for hydroxylation is 1. The Labute approximate surface area is 132 Å². The number of amides is 2. The van der Waals surface area contributed by atoms with Crippen molar-refractivity contribution >= 4 is 22.8 Å². The third-order valence-electron chi connectivity index (χ3n) is 3.95. The summed E-state index contributed by atoms with van der Waals surface area (Å²) in [6.07, 6.45) is 3.16. The molecule has 2 amide bonds. The Bertz CT molecular complexity index is 728. The second kappa shape index (κ2) is 6.76. The molecule has 3 rings (SSSR count). The highest BCUT2D eigenvalue weighted by Crippen LogP contribution is 2.14. The summed E-state index contributed by atoms with van der Waals surface area (Å²) in [6.45, 7) is 0.667. The average Bonchev–Trinajstić information content (AvgIpc) is 2.82. The summed E-state index contributed by atoms with van der Waals surface area (Å²) < 4.78 is 13.1. The van der Waals surface area contributed by atoms with Gasteiger partial charge in [0.2, 0.25) is 11.8 Å². The summed E-state index contributed by atoms with van der Waals surface area (Å²) in [5.41, 5.74) is 1.29. The number of hydrogen-bond donors (Lipinski definition) is 3. The molecule has 1 aliphatic rings. The normalized spacial score (nSPS) is 18.5. The number of nitrogens with one attached hydrogen (secondary N) is 3. The van der Waals surface area contributed by atoms with Crippen LogP contribution in [0.3, 0.4) is 0 Å². The zero-order chi connectivity index (χ0) is 16.2. The first-order chi connectivity index (χ1) is 11.1. The van der Waals surface area contributed by atoms with Crippen LogP contribution in [-0.4, -0.2) is 34.4 Å². The first-order valence-corrected chi connectivity index (χ1v) is 7.83. The molecule has 7 heteroatoms. The van der Waals surface area contributed by atoms with Crippen LogP contribution < -0.4 is 10.6 Å². The fraction of sp³-hybridized carbons (Fsp3) is 0.438. The highest BCUT2D eigenvalue weighted by Gasteiger charge is 2.22. The van der Waals surface area contributed by atoms with E-state index >= 15 is 0 Å². The summed E-state index contributed by atoms with van der Waals surface area (Å²) in [6, 6.07) is 3.88. The summed E-state index contributed by atoms with van der Waals surface area (Å²) in [4.78, 5) is 31.1. The van der Waals surface area contributed by atoms with Gasteiger partial charge in [0, 0.05) is 19.4 Å². The Kier molecular flexibility index (Phi) is 4.55. The fourth-order valence-corrected chi connectivity index (χ4v) is 2.73. The molecule has 2 heterocycles. The van der Waals surface area contributed by atoms with E-state index in [-0.39, 0.29) is 24.1 Å². The van der Waals surface area contributed by atoms with Crippen molar-refractivity contribution in [2.75, 3.05) is 6.54 Å². The van der Waals surface area contributed by atoms with Crippen LogP contribution in [0.1, 0.15) is 31.5 Å². The number of aromatic nitrogens is 2. The van der Waals surface area contributed by atoms with E-state index in [1.165, 1.54) is 12.1 Å². The number of carbonyl (C=O) groups excluding carboxylic acids is 2. The van der Waals surface area contributed by atoms with E-state index in [9.17, 15) is 14.0 Å². The Morgan fingerprint density at radius 1 is 1.39 bits per heavy atom. The fourth-order valence-electron chi connectivity index (χ4n) is 2.73. The van der Waals surface area contributed by atoms with Crippen LogP contribution in [-0.2, 0) is 16.0 Å². The minimum absolute atomic E-state index is 0.116. The molecule has 1 atom stereocenters. The molecule has 122 valence electrons. The lowest BCUT2D eigenvalue weighted by Crippen LogP contribution is -2.45. The van der Waals surface area contributed by atoms with Gasteiger partial charge in [0.05, 0.1) is 11.0 Å². The third kappa shape index (κ3) is 3.85. The molecule has 3 N–H and O–H groups in total. The van der Waals surface area contributed by atoms with Crippen LogP contribution in [0.5, 0.6) is 0 Å². The molecule has 1 fully saturated rings. The highest BCUT2D eigenvalue weighted by atomic mass is 19.1. The van der Waals surface area contributed by atoms with Crippen LogP contribution in [0.15, 0.2) is 18.2 Å². The largest absolute Gasteiger partial charge is 0.354 e. The van der Waals surface area contributed by atoms with Gasteiger partial charge < -0.3 is 15.6 Å². The smallest absolute Gasteiger partial charge is 0.242 e. The van der Waals surface area contributed by atoms with Gasteiger partial charge in [-0.3, -0.25) is 9.59 Å². The summed E-state index contributed by atoms with van der Waals surface area (Å²) in [5, 5.41) is 5.56. The number of nitrogens with zero attached hydrogens (tertiary/aromatic N) is 1. The van der Waals surface area contributed by atoms with Gasteiger partial charge in [0.25, 0.3) is 0 Å². The number of aromatic amines is 1. The van der Waals surface area contributed by atoms with Crippen molar-refractivity contribution in [3.05, 3.63) is 29.8 Å². The first-order valence-electron chi connectivity index (χ1n) is 7.83. The molecule has 6 nitrogen and oxygen atoms in total. The Hall–Kier alpha value is -2.44. The van der Waals surface area contributed by atoms with E-state index in [2.05, 4.69) is 20.6 Å². The van der Waals surface area contributed by atoms with Gasteiger partial charge in [-0.05, 0) is 37.5 Å². The van der Waals surface area contributed by atoms with E-state index in [0.29, 0.717) is 36.2 Å². The summed E-state index contributed by atoms with van der Waals surface area (Å²) >= 11 is 0. The maximum atomic E-state index is 13.1. The number of benzene rings is 1. The molecule has 1 aromatic heterocycles. The topological polar surface area (TPSA) is 86.9 Å². The third-order valence-corrected chi connectivity index (χ3v) is 3.95. The van der Waals surface area contributed by atoms with Crippen molar-refractivity contribution in [2.24, 2.45) is 0 Å². The zero-order valence-corrected chi connectivity index (χ0v) is 12.7. The summed E-state index contributed by atoms with van der Waals surface area (Å²) in [7, 11) is 0. The predicted octanol–water partition coefficient (Wildman–Crippen LogP) is 1.42. The number of imidazole rings is 1. The maximum Gasteiger partial charge on any atom is 0.242 e. The number of carbonyl (C=O) groups is 2. The van der Waals surface area contributed by atoms with E-state index in [4.69, 9.17) is 0 Å². The second-order valence-corrected chi connectivity index (χ2v) is 5.75. The number of rotatable bonds is 4. The molecule has 1 aromatic carbocycles. The van der Waals surface area contributed by atoms with Crippen molar-refractivity contribution in [1.82, 2.24) is 20.6 Å². The van der Waals surface area contributed by atoms with Crippen molar-refractivity contribution in [3.8, 4) is 0 Å². The lowest BCUT2D eigenvalue weighted by Gasteiger charge is -2.14. The van der Waals surface area contributed by atoms with Gasteiger partial charge in [-0.25, -0.2) is 9.37 Å². The molecule has 0 spiro atoms.